The van der Waals surface area contributed by atoms with Crippen molar-refractivity contribution < 1.29 is 19.4 Å². The van der Waals surface area contributed by atoms with Gasteiger partial charge in [-0.1, -0.05) is 6.07 Å². The number of carbonyl (C=O) groups excluding carboxylic acids is 2. The summed E-state index contributed by atoms with van der Waals surface area (Å²) in [6.07, 6.45) is 2.81. The van der Waals surface area contributed by atoms with Gasteiger partial charge in [0.25, 0.3) is 5.91 Å². The number of carbonyl (C=O) groups is 2. The molecule has 0 unspecified atom stereocenters. The van der Waals surface area contributed by atoms with E-state index in [4.69, 9.17) is 4.74 Å². The molecule has 1 aromatic carbocycles. The zero-order valence-corrected chi connectivity index (χ0v) is 12.7. The van der Waals surface area contributed by atoms with Crippen LogP contribution in [0.4, 0.5) is 5.69 Å². The van der Waals surface area contributed by atoms with Crippen molar-refractivity contribution in [2.24, 2.45) is 0 Å². The summed E-state index contributed by atoms with van der Waals surface area (Å²) in [5.74, 6) is 0.196. The molecule has 1 aromatic rings. The van der Waals surface area contributed by atoms with Gasteiger partial charge < -0.3 is 20.5 Å². The van der Waals surface area contributed by atoms with E-state index >= 15 is 0 Å². The molecule has 1 fully saturated rings. The molecular formula is C16H22N2O4. The average Bonchev–Trinajstić information content (AvgIpc) is 2.47. The summed E-state index contributed by atoms with van der Waals surface area (Å²) < 4.78 is 5.44. The highest BCUT2D eigenvalue weighted by molar-refractivity contribution is 5.88. The third kappa shape index (κ3) is 5.37. The maximum absolute atomic E-state index is 11.9. The third-order valence-electron chi connectivity index (χ3n) is 3.59. The number of amides is 2. The zero-order valence-electron chi connectivity index (χ0n) is 12.7. The van der Waals surface area contributed by atoms with Crippen LogP contribution in [0.25, 0.3) is 0 Å². The molecule has 1 saturated carbocycles. The van der Waals surface area contributed by atoms with Gasteiger partial charge in [0.05, 0.1) is 6.10 Å². The highest BCUT2D eigenvalue weighted by Gasteiger charge is 2.20. The molecule has 6 heteroatoms. The van der Waals surface area contributed by atoms with Crippen LogP contribution in [0.1, 0.15) is 32.6 Å². The van der Waals surface area contributed by atoms with E-state index in [1.807, 2.05) is 0 Å². The van der Waals surface area contributed by atoms with E-state index in [2.05, 4.69) is 10.6 Å². The number of hydrogen-bond acceptors (Lipinski definition) is 4. The van der Waals surface area contributed by atoms with Crippen molar-refractivity contribution in [2.75, 3.05) is 11.9 Å². The van der Waals surface area contributed by atoms with E-state index in [0.29, 0.717) is 11.4 Å². The van der Waals surface area contributed by atoms with Gasteiger partial charge in [0.15, 0.2) is 6.61 Å². The summed E-state index contributed by atoms with van der Waals surface area (Å²) in [7, 11) is 0. The fourth-order valence-corrected chi connectivity index (χ4v) is 2.51. The topological polar surface area (TPSA) is 87.7 Å². The molecule has 0 saturated heterocycles. The standard InChI is InChI=1S/C16H22N2O4/c1-11(19)17-13-3-2-4-15(9-13)22-10-16(21)18-12-5-7-14(20)8-6-12/h2-4,9,12,14,20H,5-8,10H2,1H3,(H,17,19)(H,18,21). The van der Waals surface area contributed by atoms with Gasteiger partial charge in [-0.3, -0.25) is 9.59 Å². The molecule has 0 bridgehead atoms. The number of benzene rings is 1. The molecule has 0 atom stereocenters. The first-order valence-electron chi connectivity index (χ1n) is 7.51. The van der Waals surface area contributed by atoms with Crippen molar-refractivity contribution in [1.82, 2.24) is 5.32 Å². The van der Waals surface area contributed by atoms with Crippen molar-refractivity contribution >= 4 is 17.5 Å². The van der Waals surface area contributed by atoms with Gasteiger partial charge in [0, 0.05) is 24.7 Å². The van der Waals surface area contributed by atoms with Gasteiger partial charge >= 0.3 is 0 Å². The SMILES string of the molecule is CC(=O)Nc1cccc(OCC(=O)NC2CCC(O)CC2)c1. The van der Waals surface area contributed by atoms with Gasteiger partial charge in [-0.2, -0.15) is 0 Å². The van der Waals surface area contributed by atoms with Crippen molar-refractivity contribution in [3.63, 3.8) is 0 Å². The first-order chi connectivity index (χ1) is 10.5. The van der Waals surface area contributed by atoms with Crippen LogP contribution in [0.3, 0.4) is 0 Å². The fraction of sp³-hybridized carbons (Fsp3) is 0.500. The summed E-state index contributed by atoms with van der Waals surface area (Å²) in [4.78, 5) is 22.9. The zero-order chi connectivity index (χ0) is 15.9. The summed E-state index contributed by atoms with van der Waals surface area (Å²) >= 11 is 0. The van der Waals surface area contributed by atoms with E-state index in [-0.39, 0.29) is 30.6 Å². The van der Waals surface area contributed by atoms with Crippen molar-refractivity contribution in [3.05, 3.63) is 24.3 Å². The molecule has 0 spiro atoms. The molecule has 1 aliphatic rings. The van der Waals surface area contributed by atoms with Gasteiger partial charge in [0.2, 0.25) is 5.91 Å². The molecule has 3 N–H and O–H groups in total. The summed E-state index contributed by atoms with van der Waals surface area (Å²) in [5, 5.41) is 15.0. The Balaban J connectivity index is 1.77. The number of hydrogen-bond donors (Lipinski definition) is 3. The van der Waals surface area contributed by atoms with Crippen LogP contribution in [0.2, 0.25) is 0 Å². The number of ether oxygens (including phenoxy) is 1. The molecule has 2 rings (SSSR count). The van der Waals surface area contributed by atoms with Crippen LogP contribution in [-0.2, 0) is 9.59 Å². The Kier molecular flexibility index (Phi) is 5.77. The van der Waals surface area contributed by atoms with E-state index in [0.717, 1.165) is 25.7 Å². The Morgan fingerprint density at radius 3 is 2.68 bits per heavy atom. The minimum absolute atomic E-state index is 0.0669. The van der Waals surface area contributed by atoms with Crippen LogP contribution in [0.15, 0.2) is 24.3 Å². The van der Waals surface area contributed by atoms with E-state index < -0.39 is 0 Å². The number of anilines is 1. The molecule has 0 heterocycles. The number of rotatable bonds is 5. The molecule has 2 amide bonds. The third-order valence-corrected chi connectivity index (χ3v) is 3.59. The van der Waals surface area contributed by atoms with Crippen LogP contribution in [0.5, 0.6) is 5.75 Å². The van der Waals surface area contributed by atoms with Gasteiger partial charge in [0.1, 0.15) is 5.75 Å². The number of aliphatic hydroxyl groups is 1. The maximum Gasteiger partial charge on any atom is 0.258 e. The quantitative estimate of drug-likeness (QED) is 0.768. The summed E-state index contributed by atoms with van der Waals surface area (Å²) in [6.45, 7) is 1.37. The second kappa shape index (κ2) is 7.79. The minimum atomic E-state index is -0.235. The molecule has 1 aliphatic carbocycles. The monoisotopic (exact) mass is 306 g/mol. The molecular weight excluding hydrogens is 284 g/mol. The lowest BCUT2D eigenvalue weighted by atomic mass is 9.93. The number of nitrogens with one attached hydrogen (secondary N) is 2. The lowest BCUT2D eigenvalue weighted by molar-refractivity contribution is -0.124. The van der Waals surface area contributed by atoms with Gasteiger partial charge in [-0.05, 0) is 37.8 Å². The summed E-state index contributed by atoms with van der Waals surface area (Å²) in [5.41, 5.74) is 0.631. The normalized spacial score (nSPS) is 21.0. The van der Waals surface area contributed by atoms with Crippen molar-refractivity contribution in [2.45, 2.75) is 44.8 Å². The molecule has 0 radical (unpaired) electrons. The molecule has 6 nitrogen and oxygen atoms in total. The van der Waals surface area contributed by atoms with E-state index in [9.17, 15) is 14.7 Å². The highest BCUT2D eigenvalue weighted by atomic mass is 16.5. The van der Waals surface area contributed by atoms with Gasteiger partial charge in [-0.15, -0.1) is 0 Å². The Labute approximate surface area is 129 Å². The largest absolute Gasteiger partial charge is 0.484 e. The lowest BCUT2D eigenvalue weighted by Gasteiger charge is -2.26. The van der Waals surface area contributed by atoms with Crippen molar-refractivity contribution in [1.29, 1.82) is 0 Å². The van der Waals surface area contributed by atoms with Gasteiger partial charge in [-0.25, -0.2) is 0 Å². The predicted molar refractivity (Wildman–Crippen MR) is 82.6 cm³/mol. The molecule has 120 valence electrons. The predicted octanol–water partition coefficient (Wildman–Crippen LogP) is 1.44. The Bertz CT molecular complexity index is 525. The van der Waals surface area contributed by atoms with Crippen LogP contribution < -0.4 is 15.4 Å². The average molecular weight is 306 g/mol. The first kappa shape index (κ1) is 16.3. The Hall–Kier alpha value is -2.08. The maximum atomic E-state index is 11.9. The van der Waals surface area contributed by atoms with Crippen molar-refractivity contribution in [3.8, 4) is 5.75 Å². The second-order valence-corrected chi connectivity index (χ2v) is 5.57. The first-order valence-corrected chi connectivity index (χ1v) is 7.51. The minimum Gasteiger partial charge on any atom is -0.484 e. The fourth-order valence-electron chi connectivity index (χ4n) is 2.51. The van der Waals surface area contributed by atoms with Crippen LogP contribution in [-0.4, -0.2) is 35.7 Å². The Morgan fingerprint density at radius 2 is 2.00 bits per heavy atom. The second-order valence-electron chi connectivity index (χ2n) is 5.57. The van der Waals surface area contributed by atoms with E-state index in [1.54, 1.807) is 24.3 Å². The lowest BCUT2D eigenvalue weighted by Crippen LogP contribution is -2.40. The van der Waals surface area contributed by atoms with E-state index in [1.165, 1.54) is 6.92 Å². The highest BCUT2D eigenvalue weighted by Crippen LogP contribution is 2.19. The molecule has 0 aromatic heterocycles. The van der Waals surface area contributed by atoms with Crippen LogP contribution >= 0.6 is 0 Å². The molecule has 22 heavy (non-hydrogen) atoms. The molecule has 0 aliphatic heterocycles. The Morgan fingerprint density at radius 1 is 1.27 bits per heavy atom. The number of aliphatic hydroxyl groups excluding tert-OH is 1. The van der Waals surface area contributed by atoms with Crippen LogP contribution in [0, 0.1) is 0 Å². The smallest absolute Gasteiger partial charge is 0.258 e. The summed E-state index contributed by atoms with van der Waals surface area (Å²) in [6, 6.07) is 7.02.